The van der Waals surface area contributed by atoms with Gasteiger partial charge < -0.3 is 14.3 Å². The molecule has 1 fully saturated rings. The fourth-order valence-electron chi connectivity index (χ4n) is 3.30. The molecule has 7 heteroatoms. The van der Waals surface area contributed by atoms with Crippen molar-refractivity contribution >= 4 is 37.8 Å². The lowest BCUT2D eigenvalue weighted by molar-refractivity contribution is -0.137. The van der Waals surface area contributed by atoms with E-state index in [1.807, 2.05) is 55.6 Å². The van der Waals surface area contributed by atoms with E-state index in [1.54, 1.807) is 23.5 Å². The summed E-state index contributed by atoms with van der Waals surface area (Å²) < 4.78 is 11.1. The van der Waals surface area contributed by atoms with E-state index in [2.05, 4.69) is 32.9 Å². The molecule has 1 unspecified atom stereocenters. The van der Waals surface area contributed by atoms with E-state index >= 15 is 0 Å². The standard InChI is InChI=1S/C25H34O4S2Si/c1-24(2,3)32(4,5)29-22(26)18-28-21-14-9-11-19(17-21)23(27)25(30-15-10-16-31-25)20-12-7-6-8-13-20/h6-9,11-14,17,23,27H,10,15-16,18H2,1-5H3. The molecular weight excluding hydrogens is 456 g/mol. The number of ether oxygens (including phenoxy) is 1. The predicted octanol–water partition coefficient (Wildman–Crippen LogP) is 6.37. The van der Waals surface area contributed by atoms with Gasteiger partial charge in [-0.05, 0) is 59.3 Å². The molecule has 4 nitrogen and oxygen atoms in total. The van der Waals surface area contributed by atoms with Crippen LogP contribution in [-0.4, -0.2) is 37.5 Å². The van der Waals surface area contributed by atoms with Crippen molar-refractivity contribution < 1.29 is 19.1 Å². The lowest BCUT2D eigenvalue weighted by Crippen LogP contribution is -2.43. The van der Waals surface area contributed by atoms with Gasteiger partial charge >= 0.3 is 5.97 Å². The molecule has 0 spiro atoms. The van der Waals surface area contributed by atoms with Crippen LogP contribution >= 0.6 is 23.5 Å². The first kappa shape index (κ1) is 25.2. The Bertz CT molecular complexity index is 906. The average molecular weight is 491 g/mol. The minimum atomic E-state index is -2.18. The molecule has 174 valence electrons. The maximum absolute atomic E-state index is 12.4. The van der Waals surface area contributed by atoms with Crippen molar-refractivity contribution in [3.8, 4) is 5.75 Å². The van der Waals surface area contributed by atoms with Crippen molar-refractivity contribution in [3.63, 3.8) is 0 Å². The van der Waals surface area contributed by atoms with Crippen molar-refractivity contribution in [3.05, 3.63) is 65.7 Å². The van der Waals surface area contributed by atoms with E-state index < -0.39 is 18.5 Å². The largest absolute Gasteiger partial charge is 0.517 e. The Hall–Kier alpha value is -1.41. The molecule has 1 saturated heterocycles. The van der Waals surface area contributed by atoms with Crippen molar-refractivity contribution in [1.82, 2.24) is 0 Å². The maximum atomic E-state index is 12.4. The number of thioether (sulfide) groups is 2. The second kappa shape index (κ2) is 10.2. The molecule has 0 saturated carbocycles. The van der Waals surface area contributed by atoms with Crippen LogP contribution in [0.15, 0.2) is 54.6 Å². The summed E-state index contributed by atoms with van der Waals surface area (Å²) in [7, 11) is -2.18. The number of hydrogen-bond acceptors (Lipinski definition) is 6. The van der Waals surface area contributed by atoms with Gasteiger partial charge in [0.05, 0.1) is 0 Å². The highest BCUT2D eigenvalue weighted by molar-refractivity contribution is 8.18. The Morgan fingerprint density at radius 3 is 2.38 bits per heavy atom. The second-order valence-corrected chi connectivity index (χ2v) is 17.2. The van der Waals surface area contributed by atoms with Gasteiger partial charge in [0.25, 0.3) is 8.32 Å². The van der Waals surface area contributed by atoms with Crippen LogP contribution in [-0.2, 0) is 13.3 Å². The molecular formula is C25H34O4S2Si. The number of benzene rings is 2. The number of carbonyl (C=O) groups excluding carboxylic acids is 1. The van der Waals surface area contributed by atoms with Crippen LogP contribution in [0.1, 0.15) is 44.4 Å². The fourth-order valence-corrected chi connectivity index (χ4v) is 7.63. The van der Waals surface area contributed by atoms with E-state index in [4.69, 9.17) is 9.16 Å². The number of rotatable bonds is 7. The van der Waals surface area contributed by atoms with Crippen LogP contribution in [0.2, 0.25) is 18.1 Å². The molecule has 1 atom stereocenters. The van der Waals surface area contributed by atoms with Crippen molar-refractivity contribution in [2.24, 2.45) is 0 Å². The van der Waals surface area contributed by atoms with Gasteiger partial charge in [-0.1, -0.05) is 63.2 Å². The van der Waals surface area contributed by atoms with E-state index in [1.165, 1.54) is 0 Å². The molecule has 1 heterocycles. The minimum Gasteiger partial charge on any atom is -0.517 e. The number of aliphatic hydroxyl groups is 1. The molecule has 0 aliphatic carbocycles. The number of aliphatic hydroxyl groups excluding tert-OH is 1. The lowest BCUT2D eigenvalue weighted by atomic mass is 10.00. The van der Waals surface area contributed by atoms with Crippen LogP contribution in [0.25, 0.3) is 0 Å². The number of carbonyl (C=O) groups is 1. The van der Waals surface area contributed by atoms with Gasteiger partial charge in [-0.25, -0.2) is 4.79 Å². The third-order valence-corrected chi connectivity index (χ3v) is 14.0. The first-order valence-electron chi connectivity index (χ1n) is 11.0. The van der Waals surface area contributed by atoms with Gasteiger partial charge in [-0.15, -0.1) is 23.5 Å². The summed E-state index contributed by atoms with van der Waals surface area (Å²) in [5.74, 6) is 2.23. The molecule has 0 radical (unpaired) electrons. The van der Waals surface area contributed by atoms with Crippen LogP contribution in [0.5, 0.6) is 5.75 Å². The van der Waals surface area contributed by atoms with Crippen molar-refractivity contribution in [2.45, 2.75) is 55.5 Å². The third kappa shape index (κ3) is 5.74. The zero-order chi connectivity index (χ0) is 23.4. The Balaban J connectivity index is 1.74. The molecule has 2 aromatic rings. The molecule has 1 aliphatic rings. The Labute approximate surface area is 201 Å². The van der Waals surface area contributed by atoms with Crippen molar-refractivity contribution in [1.29, 1.82) is 0 Å². The molecule has 2 aromatic carbocycles. The monoisotopic (exact) mass is 490 g/mol. The summed E-state index contributed by atoms with van der Waals surface area (Å²) in [5, 5.41) is 11.5. The van der Waals surface area contributed by atoms with E-state index in [0.29, 0.717) is 5.75 Å². The van der Waals surface area contributed by atoms with Gasteiger partial charge in [0, 0.05) is 0 Å². The first-order chi connectivity index (χ1) is 15.1. The highest BCUT2D eigenvalue weighted by Crippen LogP contribution is 2.57. The van der Waals surface area contributed by atoms with Crippen LogP contribution < -0.4 is 4.74 Å². The quantitative estimate of drug-likeness (QED) is 0.455. The summed E-state index contributed by atoms with van der Waals surface area (Å²) in [4.78, 5) is 12.4. The zero-order valence-electron chi connectivity index (χ0n) is 19.6. The van der Waals surface area contributed by atoms with Gasteiger partial charge in [-0.2, -0.15) is 0 Å². The Morgan fingerprint density at radius 1 is 1.09 bits per heavy atom. The Morgan fingerprint density at radius 2 is 1.75 bits per heavy atom. The summed E-state index contributed by atoms with van der Waals surface area (Å²) in [6.07, 6.45) is 0.429. The summed E-state index contributed by atoms with van der Waals surface area (Å²) in [6.45, 7) is 10.3. The van der Waals surface area contributed by atoms with Gasteiger partial charge in [0.1, 0.15) is 15.9 Å². The zero-order valence-corrected chi connectivity index (χ0v) is 22.2. The second-order valence-electron chi connectivity index (χ2n) is 9.58. The smallest absolute Gasteiger partial charge is 0.330 e. The molecule has 3 rings (SSSR count). The summed E-state index contributed by atoms with van der Waals surface area (Å²) >= 11 is 3.60. The van der Waals surface area contributed by atoms with Gasteiger partial charge in [-0.3, -0.25) is 0 Å². The normalized spacial score (nSPS) is 17.4. The molecule has 32 heavy (non-hydrogen) atoms. The van der Waals surface area contributed by atoms with Crippen LogP contribution in [0, 0.1) is 0 Å². The topological polar surface area (TPSA) is 55.8 Å². The van der Waals surface area contributed by atoms with Crippen LogP contribution in [0.4, 0.5) is 0 Å². The SMILES string of the molecule is CC(C)(C)[Si](C)(C)OC(=O)COc1cccc(C(O)C2(c3ccccc3)SCCCS2)c1. The maximum Gasteiger partial charge on any atom is 0.330 e. The average Bonchev–Trinajstić information content (AvgIpc) is 2.77. The summed E-state index contributed by atoms with van der Waals surface area (Å²) in [5.41, 5.74) is 1.90. The molecule has 1 aliphatic heterocycles. The van der Waals surface area contributed by atoms with E-state index in [0.717, 1.165) is 29.1 Å². The fraction of sp³-hybridized carbons (Fsp3) is 0.480. The molecule has 0 bridgehead atoms. The van der Waals surface area contributed by atoms with Crippen molar-refractivity contribution in [2.75, 3.05) is 18.1 Å². The highest BCUT2D eigenvalue weighted by atomic mass is 32.2. The molecule has 1 N–H and O–H groups in total. The van der Waals surface area contributed by atoms with E-state index in [9.17, 15) is 9.90 Å². The molecule has 0 amide bonds. The predicted molar refractivity (Wildman–Crippen MR) is 138 cm³/mol. The summed E-state index contributed by atoms with van der Waals surface area (Å²) in [6, 6.07) is 17.7. The minimum absolute atomic E-state index is 0.0478. The van der Waals surface area contributed by atoms with Gasteiger partial charge in [0.2, 0.25) is 0 Å². The first-order valence-corrected chi connectivity index (χ1v) is 15.9. The van der Waals surface area contributed by atoms with E-state index in [-0.39, 0.29) is 17.6 Å². The van der Waals surface area contributed by atoms with Gasteiger partial charge in [0.15, 0.2) is 6.61 Å². The lowest BCUT2D eigenvalue weighted by Gasteiger charge is -2.40. The number of hydrogen-bond donors (Lipinski definition) is 1. The molecule has 0 aromatic heterocycles. The third-order valence-electron chi connectivity index (χ3n) is 6.16. The highest BCUT2D eigenvalue weighted by Gasteiger charge is 2.43. The van der Waals surface area contributed by atoms with Crippen LogP contribution in [0.3, 0.4) is 0 Å². The Kier molecular flexibility index (Phi) is 8.07.